The molecule has 8 rings (SSSR count). The molecule has 432 valence electrons. The van der Waals surface area contributed by atoms with Crippen LogP contribution in [0.5, 0.6) is 0 Å². The van der Waals surface area contributed by atoms with Crippen molar-refractivity contribution in [3.8, 4) is 0 Å². The highest BCUT2D eigenvalue weighted by Crippen LogP contribution is 2.47. The third-order valence-electron chi connectivity index (χ3n) is 12.1. The van der Waals surface area contributed by atoms with Gasteiger partial charge in [0.05, 0.1) is 5.41 Å². The Hall–Kier alpha value is -11.6. The summed E-state index contributed by atoms with van der Waals surface area (Å²) in [6, 6.07) is 32.6. The number of nitrogens with zero attached hydrogens (tertiary/aromatic N) is 12. The fraction of sp³-hybridized carbons (Fsp3) is 0.148. The number of rotatable bonds is 36. The predicted molar refractivity (Wildman–Crippen MR) is 347 cm³/mol. The van der Waals surface area contributed by atoms with E-state index >= 15 is 0 Å². The van der Waals surface area contributed by atoms with E-state index in [9.17, 15) is 0 Å². The molecule has 12 N–H and O–H groups in total. The smallest absolute Gasteiger partial charge is 0.233 e. The maximum Gasteiger partial charge on any atom is 0.233 e. The predicted octanol–water partition coefficient (Wildman–Crippen LogP) is 10.6. The number of anilines is 16. The van der Waals surface area contributed by atoms with Crippen LogP contribution in [0.3, 0.4) is 0 Å². The molecule has 0 saturated carbocycles. The summed E-state index contributed by atoms with van der Waals surface area (Å²) in [7, 11) is 0. The molecule has 0 bridgehead atoms. The SMILES string of the molecule is C=CCNc1nc(NCC=C)nc(Nc2ccc(C(c3ccc(Nc4nc(NCC=C)nc(NCC=C)n4)cc3)(c3ccc(Nc4nc(NCC=C)nc(NCC=C)n4)cc3)c3ccc(Nc4nc(NCC=C)nc(NCC=C)n4)cc3)cc2)n1. The van der Waals surface area contributed by atoms with Crippen molar-refractivity contribution in [2.75, 3.05) is 116 Å². The van der Waals surface area contributed by atoms with Gasteiger partial charge in [-0.25, -0.2) is 0 Å². The first-order chi connectivity index (χ1) is 41.7. The van der Waals surface area contributed by atoms with Gasteiger partial charge in [-0.15, -0.1) is 52.6 Å². The lowest BCUT2D eigenvalue weighted by atomic mass is 9.65. The third-order valence-corrected chi connectivity index (χ3v) is 12.1. The number of hydrogen-bond acceptors (Lipinski definition) is 24. The van der Waals surface area contributed by atoms with Gasteiger partial charge in [-0.3, -0.25) is 0 Å². The molecule has 0 unspecified atom stereocenters. The van der Waals surface area contributed by atoms with Crippen molar-refractivity contribution in [2.45, 2.75) is 5.41 Å². The van der Waals surface area contributed by atoms with Crippen LogP contribution in [0.25, 0.3) is 0 Å². The Bertz CT molecular complexity index is 2980. The van der Waals surface area contributed by atoms with E-state index in [1.54, 1.807) is 48.6 Å². The fourth-order valence-electron chi connectivity index (χ4n) is 8.40. The van der Waals surface area contributed by atoms with Gasteiger partial charge in [0.1, 0.15) is 0 Å². The van der Waals surface area contributed by atoms with Gasteiger partial charge in [-0.05, 0) is 70.8 Å². The standard InChI is InChI=1S/C61H68N24/c1-9-33-62-49-74-50(63-34-10-2)79-57(78-49)70-45-25-17-41(18-26-45)61(42-19-27-46(28-20-42)71-58-80-51(64-35-11-3)75-52(81-58)65-36-12-4,43-21-29-47(30-22-43)72-59-82-53(66-37-13-5)76-54(83-59)67-38-14-6)44-23-31-48(32-24-44)73-60-84-55(68-39-15-7)77-56(85-60)69-40-16-8/h9-32H,1-8,33-40H2,(H3,62,63,70,74,78,79)(H3,64,65,71,75,80,81)(H3,66,67,72,76,82,83)(H3,68,69,73,77,84,85). The molecule has 0 aliphatic rings. The van der Waals surface area contributed by atoms with Gasteiger partial charge in [0.2, 0.25) is 71.4 Å². The maximum absolute atomic E-state index is 4.65. The van der Waals surface area contributed by atoms with E-state index in [4.69, 9.17) is 0 Å². The number of nitrogens with one attached hydrogen (secondary N) is 12. The van der Waals surface area contributed by atoms with Crippen molar-refractivity contribution < 1.29 is 0 Å². The van der Waals surface area contributed by atoms with Crippen LogP contribution < -0.4 is 63.8 Å². The van der Waals surface area contributed by atoms with Gasteiger partial charge in [0.15, 0.2) is 0 Å². The quantitative estimate of drug-likeness (QED) is 0.0128. The molecule has 0 saturated heterocycles. The highest BCUT2D eigenvalue weighted by molar-refractivity contribution is 5.69. The molecule has 85 heavy (non-hydrogen) atoms. The Kier molecular flexibility index (Phi) is 21.2. The molecular weight excluding hydrogens is 1070 g/mol. The molecule has 8 aromatic rings. The van der Waals surface area contributed by atoms with E-state index in [-0.39, 0.29) is 0 Å². The van der Waals surface area contributed by atoms with Crippen molar-refractivity contribution >= 4 is 94.1 Å². The fourth-order valence-corrected chi connectivity index (χ4v) is 8.40. The van der Waals surface area contributed by atoms with Crippen LogP contribution in [0, 0.1) is 0 Å². The molecule has 0 fully saturated rings. The second-order valence-corrected chi connectivity index (χ2v) is 18.1. The molecule has 0 atom stereocenters. The van der Waals surface area contributed by atoms with Crippen molar-refractivity contribution in [2.24, 2.45) is 0 Å². The molecule has 0 amide bonds. The van der Waals surface area contributed by atoms with Crippen LogP contribution in [0.4, 0.5) is 94.1 Å². The summed E-state index contributed by atoms with van der Waals surface area (Å²) in [4.78, 5) is 55.3. The van der Waals surface area contributed by atoms with Crippen molar-refractivity contribution in [1.29, 1.82) is 0 Å². The van der Waals surface area contributed by atoms with E-state index in [2.05, 4.69) is 225 Å². The average Bonchev–Trinajstić information content (AvgIpc) is 1.51. The van der Waals surface area contributed by atoms with Crippen LogP contribution in [0.2, 0.25) is 0 Å². The monoisotopic (exact) mass is 1140 g/mol. The summed E-state index contributed by atoms with van der Waals surface area (Å²) in [5, 5.41) is 38.9. The highest BCUT2D eigenvalue weighted by atomic mass is 15.3. The van der Waals surface area contributed by atoms with E-state index in [1.807, 2.05) is 48.5 Å². The zero-order valence-electron chi connectivity index (χ0n) is 47.0. The molecule has 0 aliphatic heterocycles. The Morgan fingerprint density at radius 1 is 0.224 bits per heavy atom. The molecule has 0 aliphatic carbocycles. The van der Waals surface area contributed by atoms with Crippen LogP contribution in [0.1, 0.15) is 22.3 Å². The summed E-state index contributed by atoms with van der Waals surface area (Å²) in [6.45, 7) is 34.2. The topological polar surface area (TPSA) is 299 Å². The molecular formula is C61H68N24. The minimum absolute atomic E-state index is 0.322. The third kappa shape index (κ3) is 16.3. The summed E-state index contributed by atoms with van der Waals surface area (Å²) in [5.74, 6) is 4.24. The zero-order valence-corrected chi connectivity index (χ0v) is 47.0. The van der Waals surface area contributed by atoms with Gasteiger partial charge in [-0.1, -0.05) is 97.1 Å². The van der Waals surface area contributed by atoms with Crippen molar-refractivity contribution in [3.05, 3.63) is 221 Å². The lowest BCUT2D eigenvalue weighted by Gasteiger charge is -2.37. The Labute approximate surface area is 494 Å². The zero-order chi connectivity index (χ0) is 59.6. The van der Waals surface area contributed by atoms with E-state index in [0.29, 0.717) is 124 Å². The van der Waals surface area contributed by atoms with Crippen LogP contribution in [-0.2, 0) is 5.41 Å². The number of benzene rings is 4. The van der Waals surface area contributed by atoms with Crippen molar-refractivity contribution in [3.63, 3.8) is 0 Å². The number of aromatic nitrogens is 12. The summed E-state index contributed by atoms with van der Waals surface area (Å²) < 4.78 is 0. The second-order valence-electron chi connectivity index (χ2n) is 18.1. The van der Waals surface area contributed by atoms with E-state index < -0.39 is 5.41 Å². The normalized spacial score (nSPS) is 10.6. The molecule has 4 aromatic heterocycles. The minimum atomic E-state index is -1.02. The molecule has 0 spiro atoms. The van der Waals surface area contributed by atoms with Crippen molar-refractivity contribution in [1.82, 2.24) is 59.8 Å². The van der Waals surface area contributed by atoms with Gasteiger partial charge in [0, 0.05) is 75.1 Å². The van der Waals surface area contributed by atoms with Gasteiger partial charge >= 0.3 is 0 Å². The Morgan fingerprint density at radius 3 is 0.506 bits per heavy atom. The summed E-state index contributed by atoms with van der Waals surface area (Å²) in [5.41, 5.74) is 5.49. The van der Waals surface area contributed by atoms with Gasteiger partial charge < -0.3 is 63.8 Å². The lowest BCUT2D eigenvalue weighted by molar-refractivity contribution is 0.745. The first kappa shape index (κ1) is 59.6. The first-order valence-corrected chi connectivity index (χ1v) is 27.0. The van der Waals surface area contributed by atoms with E-state index in [1.165, 1.54) is 0 Å². The largest absolute Gasteiger partial charge is 0.351 e. The molecule has 4 heterocycles. The average molecular weight is 1140 g/mol. The highest BCUT2D eigenvalue weighted by Gasteiger charge is 2.39. The Morgan fingerprint density at radius 2 is 0.365 bits per heavy atom. The lowest BCUT2D eigenvalue weighted by Crippen LogP contribution is -2.31. The molecule has 24 nitrogen and oxygen atoms in total. The number of hydrogen-bond donors (Lipinski definition) is 12. The minimum Gasteiger partial charge on any atom is -0.351 e. The van der Waals surface area contributed by atoms with Crippen LogP contribution in [-0.4, -0.2) is 112 Å². The maximum atomic E-state index is 4.65. The van der Waals surface area contributed by atoms with Crippen LogP contribution in [0.15, 0.2) is 198 Å². The molecule has 24 heteroatoms. The summed E-state index contributed by atoms with van der Waals surface area (Å²) >= 11 is 0. The second kappa shape index (κ2) is 30.3. The van der Waals surface area contributed by atoms with E-state index in [0.717, 1.165) is 45.0 Å². The van der Waals surface area contributed by atoms with Crippen LogP contribution >= 0.6 is 0 Å². The summed E-state index contributed by atoms with van der Waals surface area (Å²) in [6.07, 6.45) is 13.8. The first-order valence-electron chi connectivity index (χ1n) is 27.0. The van der Waals surface area contributed by atoms with Gasteiger partial charge in [0.25, 0.3) is 0 Å². The Balaban J connectivity index is 1.27. The molecule has 0 radical (unpaired) electrons. The van der Waals surface area contributed by atoms with Gasteiger partial charge in [-0.2, -0.15) is 59.8 Å². The molecule has 4 aromatic carbocycles.